The van der Waals surface area contributed by atoms with Crippen LogP contribution >= 0.6 is 0 Å². The van der Waals surface area contributed by atoms with Gasteiger partial charge >= 0.3 is 0 Å². The summed E-state index contributed by atoms with van der Waals surface area (Å²) in [5, 5.41) is 0. The minimum atomic E-state index is 0.132. The van der Waals surface area contributed by atoms with Gasteiger partial charge in [0.2, 0.25) is 0 Å². The molecule has 0 saturated heterocycles. The molecule has 0 aromatic carbocycles. The van der Waals surface area contributed by atoms with Gasteiger partial charge in [-0.15, -0.1) is 24.7 Å². The van der Waals surface area contributed by atoms with E-state index in [0.717, 1.165) is 25.7 Å². The van der Waals surface area contributed by atoms with Gasteiger partial charge in [-0.25, -0.2) is 0 Å². The molecule has 13 heavy (non-hydrogen) atoms. The third kappa shape index (κ3) is 7.40. The third-order valence-electron chi connectivity index (χ3n) is 1.64. The van der Waals surface area contributed by atoms with Gasteiger partial charge in [-0.1, -0.05) is 0 Å². The van der Waals surface area contributed by atoms with Crippen molar-refractivity contribution >= 4 is 0 Å². The molecule has 0 aliphatic rings. The lowest BCUT2D eigenvalue weighted by molar-refractivity contribution is -0.0754. The van der Waals surface area contributed by atoms with Gasteiger partial charge in [0.1, 0.15) is 6.79 Å². The van der Waals surface area contributed by atoms with E-state index in [9.17, 15) is 0 Å². The molecular formula is C11H16O2. The largest absolute Gasteiger partial charge is 0.359 e. The Morgan fingerprint density at radius 1 is 1.15 bits per heavy atom. The smallest absolute Gasteiger partial charge is 0.146 e. The summed E-state index contributed by atoms with van der Waals surface area (Å²) in [7, 11) is 1.60. The molecule has 0 unspecified atom stereocenters. The van der Waals surface area contributed by atoms with Crippen LogP contribution in [0.1, 0.15) is 25.7 Å². The Morgan fingerprint density at radius 3 is 2.08 bits per heavy atom. The van der Waals surface area contributed by atoms with E-state index in [1.54, 1.807) is 7.11 Å². The Morgan fingerprint density at radius 2 is 1.69 bits per heavy atom. The van der Waals surface area contributed by atoms with Crippen LogP contribution in [0.4, 0.5) is 0 Å². The van der Waals surface area contributed by atoms with E-state index >= 15 is 0 Å². The highest BCUT2D eigenvalue weighted by Crippen LogP contribution is 2.08. The van der Waals surface area contributed by atoms with E-state index in [1.807, 2.05) is 0 Å². The summed E-state index contributed by atoms with van der Waals surface area (Å²) >= 11 is 0. The standard InChI is InChI=1S/C11H16O2/c1-4-6-8-11(9-7-5-2)13-10-12-3/h1-2,11H,6-10H2,3H3. The normalized spacial score (nSPS) is 9.54. The number of methoxy groups -OCH3 is 1. The van der Waals surface area contributed by atoms with Crippen LogP contribution in [0.3, 0.4) is 0 Å². The molecule has 0 N–H and O–H groups in total. The summed E-state index contributed by atoms with van der Waals surface area (Å²) in [5.74, 6) is 5.16. The fourth-order valence-electron chi connectivity index (χ4n) is 0.964. The Hall–Kier alpha value is -0.960. The first-order valence-corrected chi connectivity index (χ1v) is 4.32. The van der Waals surface area contributed by atoms with E-state index in [1.165, 1.54) is 0 Å². The Labute approximate surface area is 80.6 Å². The van der Waals surface area contributed by atoms with Crippen LogP contribution in [0.5, 0.6) is 0 Å². The Balaban J connectivity index is 3.62. The molecule has 0 rings (SSSR count). The Kier molecular flexibility index (Phi) is 8.46. The molecule has 72 valence electrons. The summed E-state index contributed by atoms with van der Waals surface area (Å²) in [5.41, 5.74) is 0. The number of rotatable bonds is 7. The molecule has 0 spiro atoms. The van der Waals surface area contributed by atoms with Crippen LogP contribution in [0.15, 0.2) is 0 Å². The van der Waals surface area contributed by atoms with E-state index in [-0.39, 0.29) is 6.10 Å². The molecule has 0 atom stereocenters. The average Bonchev–Trinajstić information content (AvgIpc) is 2.17. The van der Waals surface area contributed by atoms with Crippen LogP contribution in [0.2, 0.25) is 0 Å². The second kappa shape index (κ2) is 9.13. The quantitative estimate of drug-likeness (QED) is 0.439. The molecule has 0 bridgehead atoms. The van der Waals surface area contributed by atoms with Crippen LogP contribution in [0.25, 0.3) is 0 Å². The van der Waals surface area contributed by atoms with Crippen LogP contribution in [-0.2, 0) is 9.47 Å². The molecule has 2 nitrogen and oxygen atoms in total. The zero-order chi connectivity index (χ0) is 9.94. The lowest BCUT2D eigenvalue weighted by atomic mass is 10.1. The summed E-state index contributed by atoms with van der Waals surface area (Å²) in [4.78, 5) is 0. The monoisotopic (exact) mass is 180 g/mol. The zero-order valence-electron chi connectivity index (χ0n) is 8.08. The Bertz CT molecular complexity index is 167. The maximum absolute atomic E-state index is 5.38. The van der Waals surface area contributed by atoms with Crippen molar-refractivity contribution in [3.05, 3.63) is 0 Å². The predicted octanol–water partition coefficient (Wildman–Crippen LogP) is 1.80. The van der Waals surface area contributed by atoms with Gasteiger partial charge in [0.15, 0.2) is 0 Å². The van der Waals surface area contributed by atoms with Crippen molar-refractivity contribution in [3.63, 3.8) is 0 Å². The number of hydrogen-bond acceptors (Lipinski definition) is 2. The highest BCUT2D eigenvalue weighted by molar-refractivity contribution is 4.87. The van der Waals surface area contributed by atoms with Crippen molar-refractivity contribution in [1.82, 2.24) is 0 Å². The molecule has 0 radical (unpaired) electrons. The molecule has 0 aromatic heterocycles. The third-order valence-corrected chi connectivity index (χ3v) is 1.64. The van der Waals surface area contributed by atoms with Gasteiger partial charge in [0.05, 0.1) is 6.10 Å². The highest BCUT2D eigenvalue weighted by Gasteiger charge is 2.06. The lowest BCUT2D eigenvalue weighted by Crippen LogP contribution is -2.14. The van der Waals surface area contributed by atoms with Gasteiger partial charge in [0, 0.05) is 20.0 Å². The van der Waals surface area contributed by atoms with Crippen molar-refractivity contribution < 1.29 is 9.47 Å². The molecule has 0 aromatic rings. The second-order valence-electron chi connectivity index (χ2n) is 2.68. The fraction of sp³-hybridized carbons (Fsp3) is 0.636. The molecule has 2 heteroatoms. The summed E-state index contributed by atoms with van der Waals surface area (Å²) in [6, 6.07) is 0. The summed E-state index contributed by atoms with van der Waals surface area (Å²) < 4.78 is 10.2. The first kappa shape index (κ1) is 12.0. The average molecular weight is 180 g/mol. The van der Waals surface area contributed by atoms with E-state index < -0.39 is 0 Å². The minimum Gasteiger partial charge on any atom is -0.359 e. The van der Waals surface area contributed by atoms with Gasteiger partial charge in [-0.05, 0) is 12.8 Å². The second-order valence-corrected chi connectivity index (χ2v) is 2.68. The van der Waals surface area contributed by atoms with Crippen molar-refractivity contribution in [3.8, 4) is 24.7 Å². The van der Waals surface area contributed by atoms with Crippen LogP contribution < -0.4 is 0 Å². The number of ether oxygens (including phenoxy) is 2. The molecule has 0 fully saturated rings. The molecule has 0 saturated carbocycles. The highest BCUT2D eigenvalue weighted by atomic mass is 16.7. The van der Waals surface area contributed by atoms with E-state index in [4.69, 9.17) is 22.3 Å². The molecule has 0 aliphatic carbocycles. The van der Waals surface area contributed by atoms with E-state index in [2.05, 4.69) is 11.8 Å². The number of terminal acetylenes is 2. The molecule has 0 aliphatic heterocycles. The maximum Gasteiger partial charge on any atom is 0.146 e. The minimum absolute atomic E-state index is 0.132. The van der Waals surface area contributed by atoms with Gasteiger partial charge in [-0.3, -0.25) is 0 Å². The topological polar surface area (TPSA) is 18.5 Å². The molecular weight excluding hydrogens is 164 g/mol. The summed E-state index contributed by atoms with van der Waals surface area (Å²) in [6.45, 7) is 0.305. The van der Waals surface area contributed by atoms with Crippen LogP contribution in [-0.4, -0.2) is 20.0 Å². The first-order chi connectivity index (χ1) is 6.35. The maximum atomic E-state index is 5.38. The van der Waals surface area contributed by atoms with Crippen molar-refractivity contribution in [2.24, 2.45) is 0 Å². The SMILES string of the molecule is C#CCCC(CCC#C)OCOC. The van der Waals surface area contributed by atoms with Crippen molar-refractivity contribution in [2.45, 2.75) is 31.8 Å². The lowest BCUT2D eigenvalue weighted by Gasteiger charge is -2.14. The van der Waals surface area contributed by atoms with Crippen molar-refractivity contribution in [2.75, 3.05) is 13.9 Å². The zero-order valence-corrected chi connectivity index (χ0v) is 8.08. The fourth-order valence-corrected chi connectivity index (χ4v) is 0.964. The van der Waals surface area contributed by atoms with Gasteiger partial charge in [-0.2, -0.15) is 0 Å². The molecule has 0 amide bonds. The first-order valence-electron chi connectivity index (χ1n) is 4.32. The van der Waals surface area contributed by atoms with E-state index in [0.29, 0.717) is 6.79 Å². The van der Waals surface area contributed by atoms with Crippen LogP contribution in [0, 0.1) is 24.7 Å². The number of hydrogen-bond donors (Lipinski definition) is 0. The predicted molar refractivity (Wildman–Crippen MR) is 52.9 cm³/mol. The van der Waals surface area contributed by atoms with Crippen molar-refractivity contribution in [1.29, 1.82) is 0 Å². The molecule has 0 heterocycles. The summed E-state index contributed by atoms with van der Waals surface area (Å²) in [6.07, 6.45) is 13.6. The van der Waals surface area contributed by atoms with Gasteiger partial charge < -0.3 is 9.47 Å². The van der Waals surface area contributed by atoms with Gasteiger partial charge in [0.25, 0.3) is 0 Å².